The molecule has 0 aromatic rings. The molecule has 2 rings (SSSR count). The summed E-state index contributed by atoms with van der Waals surface area (Å²) in [4.78, 5) is 25.3. The van der Waals surface area contributed by atoms with E-state index in [0.717, 1.165) is 0 Å². The van der Waals surface area contributed by atoms with E-state index < -0.39 is 34.4 Å². The molecule has 3 amide bonds. The Kier molecular flexibility index (Phi) is 6.38. The predicted octanol–water partition coefficient (Wildman–Crippen LogP) is -4.36. The number of methoxy groups -OCH3 is 1. The Morgan fingerprint density at radius 3 is 2.73 bits per heavy atom. The first kappa shape index (κ1) is 19.4. The van der Waals surface area contributed by atoms with Gasteiger partial charge in [-0.3, -0.25) is 9.35 Å². The second kappa shape index (κ2) is 7.25. The fourth-order valence-electron chi connectivity index (χ4n) is 2.37. The number of fused-ring (bicyclic) bond motifs is 2. The van der Waals surface area contributed by atoms with Gasteiger partial charge in [-0.05, 0) is 6.08 Å². The van der Waals surface area contributed by atoms with Crippen molar-refractivity contribution in [2.45, 2.75) is 12.1 Å². The van der Waals surface area contributed by atoms with E-state index in [1.54, 1.807) is 0 Å². The van der Waals surface area contributed by atoms with Gasteiger partial charge in [-0.25, -0.2) is 4.79 Å². The summed E-state index contributed by atoms with van der Waals surface area (Å²) < 4.78 is 39.7. The molecule has 2 atom stereocenters. The third kappa shape index (κ3) is 3.79. The molecule has 0 aromatic heterocycles. The van der Waals surface area contributed by atoms with E-state index in [-0.39, 0.29) is 49.7 Å². The summed E-state index contributed by atoms with van der Waals surface area (Å²) in [6.45, 7) is 0.195. The third-order valence-electron chi connectivity index (χ3n) is 3.22. The van der Waals surface area contributed by atoms with Gasteiger partial charge in [-0.2, -0.15) is 13.5 Å². The largest absolute Gasteiger partial charge is 1.00 e. The molecule has 2 aliphatic rings. The van der Waals surface area contributed by atoms with Crippen LogP contribution in [-0.4, -0.2) is 74.3 Å². The van der Waals surface area contributed by atoms with Crippen molar-refractivity contribution in [3.8, 4) is 0 Å². The molecule has 1 saturated heterocycles. The fraction of sp³-hybridized carbons (Fsp3) is 0.600. The number of urea groups is 1. The minimum atomic E-state index is -4.88. The van der Waals surface area contributed by atoms with Crippen LogP contribution in [0.4, 0.5) is 4.79 Å². The third-order valence-corrected chi connectivity index (χ3v) is 3.57. The number of amides is 3. The Balaban J connectivity index is 0.00000242. The number of carbonyl (C=O) groups is 2. The van der Waals surface area contributed by atoms with Gasteiger partial charge in [0.1, 0.15) is 6.04 Å². The first-order valence-electron chi connectivity index (χ1n) is 5.98. The molecular weight excluding hydrogens is 329 g/mol. The van der Waals surface area contributed by atoms with E-state index >= 15 is 0 Å². The molecule has 22 heavy (non-hydrogen) atoms. The molecule has 118 valence electrons. The van der Waals surface area contributed by atoms with Crippen molar-refractivity contribution in [1.29, 1.82) is 0 Å². The molecule has 12 heteroatoms. The topological polar surface area (TPSA) is 125 Å². The Morgan fingerprint density at radius 2 is 2.23 bits per heavy atom. The first-order valence-corrected chi connectivity index (χ1v) is 7.34. The van der Waals surface area contributed by atoms with Gasteiger partial charge in [-0.1, -0.05) is 0 Å². The van der Waals surface area contributed by atoms with E-state index in [0.29, 0.717) is 5.06 Å². The van der Waals surface area contributed by atoms with E-state index in [1.807, 2.05) is 0 Å². The minimum absolute atomic E-state index is 0. The van der Waals surface area contributed by atoms with Gasteiger partial charge < -0.3 is 15.0 Å². The number of nitrogens with one attached hydrogen (secondary N) is 1. The molecule has 10 nitrogen and oxygen atoms in total. The molecule has 2 N–H and O–H groups in total. The second-order valence-electron chi connectivity index (χ2n) is 4.50. The van der Waals surface area contributed by atoms with Crippen LogP contribution in [0.15, 0.2) is 11.6 Å². The van der Waals surface area contributed by atoms with Crippen LogP contribution in [0.3, 0.4) is 0 Å². The van der Waals surface area contributed by atoms with Crippen molar-refractivity contribution in [2.24, 2.45) is 0 Å². The van der Waals surface area contributed by atoms with Gasteiger partial charge in [0, 0.05) is 19.7 Å². The van der Waals surface area contributed by atoms with Gasteiger partial charge in [0.2, 0.25) is 5.91 Å². The number of hydrogen-bond acceptors (Lipinski definition) is 6. The van der Waals surface area contributed by atoms with Crippen LogP contribution in [0.2, 0.25) is 0 Å². The molecule has 0 saturated carbocycles. The summed E-state index contributed by atoms with van der Waals surface area (Å²) in [5, 5.41) is 2.88. The normalized spacial score (nSPS) is 24.0. The van der Waals surface area contributed by atoms with Crippen molar-refractivity contribution in [2.75, 3.05) is 27.3 Å². The van der Waals surface area contributed by atoms with Gasteiger partial charge in [0.15, 0.2) is 0 Å². The maximum absolute atomic E-state index is 12.1. The van der Waals surface area contributed by atoms with Gasteiger partial charge >= 0.3 is 47.4 Å². The van der Waals surface area contributed by atoms with Crippen LogP contribution in [0.25, 0.3) is 0 Å². The molecular formula is C10H16N3NaO7S+2. The summed E-state index contributed by atoms with van der Waals surface area (Å²) >= 11 is 0. The summed E-state index contributed by atoms with van der Waals surface area (Å²) in [6.07, 6.45) is 1.52. The Bertz CT molecular complexity index is 599. The standard InChI is InChI=1S/C10H15N3O7S.Na/c1-11-9(14)7-3-6(5-19-2)12-4-8(7)13(10(12)15)20-21(16,17)18;/h3,6,8H,4-5H2,1-2H3,(H,11,14)(H,16,17,18);/q;+1/p+1/t6-,8-;/m0./s1. The smallest absolute Gasteiger partial charge is 0.382 e. The van der Waals surface area contributed by atoms with E-state index in [4.69, 9.17) is 9.29 Å². The first-order chi connectivity index (χ1) is 9.78. The maximum Gasteiger partial charge on any atom is 1.00 e. The van der Waals surface area contributed by atoms with Crippen molar-refractivity contribution >= 4 is 22.3 Å². The van der Waals surface area contributed by atoms with Crippen LogP contribution in [0.5, 0.6) is 0 Å². The second-order valence-corrected chi connectivity index (χ2v) is 5.51. The fourth-order valence-corrected chi connectivity index (χ4v) is 2.74. The summed E-state index contributed by atoms with van der Waals surface area (Å²) in [5.74, 6) is -0.473. The van der Waals surface area contributed by atoms with Gasteiger partial charge in [0.05, 0.1) is 19.2 Å². The molecule has 1 fully saturated rings. The van der Waals surface area contributed by atoms with E-state index in [2.05, 4.69) is 9.60 Å². The van der Waals surface area contributed by atoms with E-state index in [9.17, 15) is 18.0 Å². The molecule has 0 radical (unpaired) electrons. The molecule has 2 heterocycles. The predicted molar refractivity (Wildman–Crippen MR) is 69.3 cm³/mol. The van der Waals surface area contributed by atoms with Crippen LogP contribution in [-0.2, 0) is 24.2 Å². The van der Waals surface area contributed by atoms with Gasteiger partial charge in [-0.15, -0.1) is 4.28 Å². The maximum atomic E-state index is 12.1. The molecule has 0 unspecified atom stereocenters. The monoisotopic (exact) mass is 345 g/mol. The summed E-state index contributed by atoms with van der Waals surface area (Å²) in [7, 11) is -2.03. The van der Waals surface area contributed by atoms with Crippen molar-refractivity contribution in [3.63, 3.8) is 0 Å². The van der Waals surface area contributed by atoms with Crippen LogP contribution < -0.4 is 34.9 Å². The molecule has 2 aliphatic heterocycles. The SMILES string of the molecule is CNC(=O)C1=C[C@@H](COC)N2C[C@@H]1N(OS(=O)(=O)O)C2=O.[H+].[Na+]. The Morgan fingerprint density at radius 1 is 1.59 bits per heavy atom. The van der Waals surface area contributed by atoms with Gasteiger partial charge in [0.25, 0.3) is 0 Å². The van der Waals surface area contributed by atoms with Crippen LogP contribution >= 0.6 is 0 Å². The van der Waals surface area contributed by atoms with Crippen molar-refractivity contribution in [3.05, 3.63) is 11.6 Å². The zero-order valence-electron chi connectivity index (χ0n) is 13.3. The number of hydrogen-bond donors (Lipinski definition) is 2. The summed E-state index contributed by atoms with van der Waals surface area (Å²) in [6, 6.07) is -2.22. The minimum Gasteiger partial charge on any atom is -0.382 e. The number of hydroxylamine groups is 2. The van der Waals surface area contributed by atoms with Crippen molar-refractivity contribution < 1.29 is 62.6 Å². The molecule has 0 aromatic carbocycles. The Labute approximate surface area is 151 Å². The van der Waals surface area contributed by atoms with Crippen LogP contribution in [0, 0.1) is 0 Å². The van der Waals surface area contributed by atoms with Crippen molar-refractivity contribution in [1.82, 2.24) is 15.3 Å². The zero-order valence-corrected chi connectivity index (χ0v) is 15.2. The molecule has 0 spiro atoms. The number of likely N-dealkylation sites (N-methyl/N-ethyl adjacent to an activating group) is 1. The number of carbonyl (C=O) groups excluding carboxylic acids is 2. The number of nitrogens with zero attached hydrogens (tertiary/aromatic N) is 2. The number of ether oxygens (including phenoxy) is 1. The number of rotatable bonds is 5. The zero-order chi connectivity index (χ0) is 15.8. The van der Waals surface area contributed by atoms with E-state index in [1.165, 1.54) is 25.1 Å². The molecule has 0 aliphatic carbocycles. The molecule has 2 bridgehead atoms. The van der Waals surface area contributed by atoms with Crippen LogP contribution in [0.1, 0.15) is 1.43 Å². The quantitative estimate of drug-likeness (QED) is 0.381. The average Bonchev–Trinajstić information content (AvgIpc) is 2.66. The Hall–Kier alpha value is -0.690. The summed E-state index contributed by atoms with van der Waals surface area (Å²) in [5.41, 5.74) is 0.172. The average molecular weight is 345 g/mol.